The first-order valence-electron chi connectivity index (χ1n) is 4.93. The summed E-state index contributed by atoms with van der Waals surface area (Å²) in [6.45, 7) is 0.702. The highest BCUT2D eigenvalue weighted by Gasteiger charge is 2.19. The summed E-state index contributed by atoms with van der Waals surface area (Å²) in [6.07, 6.45) is 0.863. The molecule has 4 nitrogen and oxygen atoms in total. The molecule has 1 heterocycles. The number of amides is 1. The Kier molecular flexibility index (Phi) is 2.49. The summed E-state index contributed by atoms with van der Waals surface area (Å²) < 4.78 is 5.24. The lowest BCUT2D eigenvalue weighted by atomic mass is 9.99. The molecule has 2 rings (SSSR count). The Bertz CT molecular complexity index is 402. The molecule has 80 valence electrons. The van der Waals surface area contributed by atoms with Crippen molar-refractivity contribution in [2.45, 2.75) is 6.42 Å². The molecule has 0 radical (unpaired) electrons. The maximum Gasteiger partial charge on any atom is 0.251 e. The van der Waals surface area contributed by atoms with Gasteiger partial charge < -0.3 is 15.4 Å². The van der Waals surface area contributed by atoms with E-state index in [-0.39, 0.29) is 5.91 Å². The Morgan fingerprint density at radius 2 is 2.27 bits per heavy atom. The van der Waals surface area contributed by atoms with E-state index in [1.165, 1.54) is 0 Å². The van der Waals surface area contributed by atoms with Crippen LogP contribution in [0.2, 0.25) is 0 Å². The van der Waals surface area contributed by atoms with Crippen molar-refractivity contribution in [1.29, 1.82) is 0 Å². The van der Waals surface area contributed by atoms with Crippen molar-refractivity contribution in [1.82, 2.24) is 5.32 Å². The summed E-state index contributed by atoms with van der Waals surface area (Å²) in [5.74, 6) is 0.779. The van der Waals surface area contributed by atoms with E-state index in [0.29, 0.717) is 6.54 Å². The third-order valence-electron chi connectivity index (χ3n) is 2.62. The van der Waals surface area contributed by atoms with Gasteiger partial charge in [-0.25, -0.2) is 0 Å². The van der Waals surface area contributed by atoms with Gasteiger partial charge in [0.2, 0.25) is 0 Å². The number of nitrogens with one attached hydrogen (secondary N) is 2. The molecule has 2 N–H and O–H groups in total. The van der Waals surface area contributed by atoms with Crippen LogP contribution in [-0.4, -0.2) is 26.6 Å². The van der Waals surface area contributed by atoms with Crippen LogP contribution in [0, 0.1) is 0 Å². The lowest BCUT2D eigenvalue weighted by molar-refractivity contribution is 0.0946. The molecule has 0 saturated heterocycles. The van der Waals surface area contributed by atoms with Gasteiger partial charge in [-0.05, 0) is 24.1 Å². The van der Waals surface area contributed by atoms with Crippen LogP contribution in [0.25, 0.3) is 0 Å². The van der Waals surface area contributed by atoms with Gasteiger partial charge in [-0.1, -0.05) is 0 Å². The van der Waals surface area contributed by atoms with E-state index in [9.17, 15) is 4.79 Å². The fraction of sp³-hybridized carbons (Fsp3) is 0.364. The Balaban J connectivity index is 2.53. The summed E-state index contributed by atoms with van der Waals surface area (Å²) in [6, 6.07) is 3.77. The van der Waals surface area contributed by atoms with Crippen LogP contribution in [0.5, 0.6) is 5.75 Å². The van der Waals surface area contributed by atoms with Crippen molar-refractivity contribution in [3.63, 3.8) is 0 Å². The topological polar surface area (TPSA) is 50.4 Å². The Hall–Kier alpha value is -1.71. The van der Waals surface area contributed by atoms with Gasteiger partial charge in [-0.2, -0.15) is 0 Å². The number of methoxy groups -OCH3 is 1. The minimum atomic E-state index is -0.00426. The number of hydrogen-bond donors (Lipinski definition) is 2. The molecule has 1 aromatic carbocycles. The monoisotopic (exact) mass is 206 g/mol. The zero-order chi connectivity index (χ0) is 10.8. The van der Waals surface area contributed by atoms with Crippen molar-refractivity contribution >= 4 is 11.6 Å². The van der Waals surface area contributed by atoms with Gasteiger partial charge in [0, 0.05) is 19.2 Å². The molecule has 0 saturated carbocycles. The second-order valence-electron chi connectivity index (χ2n) is 3.47. The highest BCUT2D eigenvalue weighted by atomic mass is 16.5. The SMILES string of the molecule is CNc1cc2c(cc1OC)CCNC2=O. The Labute approximate surface area is 88.6 Å². The Morgan fingerprint density at radius 3 is 2.93 bits per heavy atom. The van der Waals surface area contributed by atoms with Crippen LogP contribution < -0.4 is 15.4 Å². The molecular weight excluding hydrogens is 192 g/mol. The maximum absolute atomic E-state index is 11.6. The summed E-state index contributed by atoms with van der Waals surface area (Å²) in [4.78, 5) is 11.6. The van der Waals surface area contributed by atoms with Gasteiger partial charge in [-0.3, -0.25) is 4.79 Å². The third kappa shape index (κ3) is 1.63. The summed E-state index contributed by atoms with van der Waals surface area (Å²) in [5.41, 5.74) is 2.63. The van der Waals surface area contributed by atoms with Crippen LogP contribution in [0.3, 0.4) is 0 Å². The van der Waals surface area contributed by atoms with E-state index >= 15 is 0 Å². The molecule has 15 heavy (non-hydrogen) atoms. The van der Waals surface area contributed by atoms with E-state index in [1.54, 1.807) is 7.11 Å². The zero-order valence-electron chi connectivity index (χ0n) is 8.89. The largest absolute Gasteiger partial charge is 0.495 e. The molecule has 4 heteroatoms. The zero-order valence-corrected chi connectivity index (χ0v) is 8.89. The average molecular weight is 206 g/mol. The highest BCUT2D eigenvalue weighted by molar-refractivity contribution is 5.98. The van der Waals surface area contributed by atoms with Gasteiger partial charge in [0.1, 0.15) is 5.75 Å². The second-order valence-corrected chi connectivity index (χ2v) is 3.47. The van der Waals surface area contributed by atoms with Crippen LogP contribution in [0.1, 0.15) is 15.9 Å². The predicted octanol–water partition coefficient (Wildman–Crippen LogP) is 1.02. The van der Waals surface area contributed by atoms with E-state index < -0.39 is 0 Å². The first-order valence-corrected chi connectivity index (χ1v) is 4.93. The molecule has 0 unspecified atom stereocenters. The minimum Gasteiger partial charge on any atom is -0.495 e. The molecule has 0 aliphatic carbocycles. The van der Waals surface area contributed by atoms with Crippen molar-refractivity contribution in [2.75, 3.05) is 26.0 Å². The van der Waals surface area contributed by atoms with Crippen LogP contribution in [0.15, 0.2) is 12.1 Å². The minimum absolute atomic E-state index is 0.00426. The lowest BCUT2D eigenvalue weighted by Crippen LogP contribution is -2.31. The van der Waals surface area contributed by atoms with Gasteiger partial charge in [0.25, 0.3) is 5.91 Å². The standard InChI is InChI=1S/C11H14N2O2/c1-12-9-6-8-7(5-10(9)15-2)3-4-13-11(8)14/h5-6,12H,3-4H2,1-2H3,(H,13,14). The third-order valence-corrected chi connectivity index (χ3v) is 2.62. The van der Waals surface area contributed by atoms with Gasteiger partial charge in [-0.15, -0.1) is 0 Å². The number of fused-ring (bicyclic) bond motifs is 1. The maximum atomic E-state index is 11.6. The number of rotatable bonds is 2. The van der Waals surface area contributed by atoms with Crippen molar-refractivity contribution in [2.24, 2.45) is 0 Å². The van der Waals surface area contributed by atoms with E-state index in [2.05, 4.69) is 10.6 Å². The molecule has 0 spiro atoms. The molecule has 1 aliphatic rings. The Morgan fingerprint density at radius 1 is 1.47 bits per heavy atom. The molecule has 1 aliphatic heterocycles. The second kappa shape index (κ2) is 3.81. The molecule has 0 aromatic heterocycles. The number of anilines is 1. The number of benzene rings is 1. The smallest absolute Gasteiger partial charge is 0.251 e. The molecule has 0 atom stereocenters. The molecule has 0 fully saturated rings. The average Bonchev–Trinajstić information content (AvgIpc) is 2.28. The van der Waals surface area contributed by atoms with Gasteiger partial charge in [0.05, 0.1) is 12.8 Å². The predicted molar refractivity (Wildman–Crippen MR) is 58.6 cm³/mol. The van der Waals surface area contributed by atoms with E-state index in [1.807, 2.05) is 19.2 Å². The first kappa shape index (κ1) is 9.83. The van der Waals surface area contributed by atoms with Crippen molar-refractivity contribution in [3.8, 4) is 5.75 Å². The summed E-state index contributed by atoms with van der Waals surface area (Å²) >= 11 is 0. The number of carbonyl (C=O) groups is 1. The van der Waals surface area contributed by atoms with Gasteiger partial charge >= 0.3 is 0 Å². The number of ether oxygens (including phenoxy) is 1. The molecule has 0 bridgehead atoms. The number of carbonyl (C=O) groups excluding carboxylic acids is 1. The van der Waals surface area contributed by atoms with Crippen LogP contribution >= 0.6 is 0 Å². The van der Waals surface area contributed by atoms with Crippen LogP contribution in [0.4, 0.5) is 5.69 Å². The molecule has 1 aromatic rings. The first-order chi connectivity index (χ1) is 7.26. The van der Waals surface area contributed by atoms with Crippen molar-refractivity contribution < 1.29 is 9.53 Å². The molecular formula is C11H14N2O2. The summed E-state index contributed by atoms with van der Waals surface area (Å²) in [7, 11) is 3.44. The van der Waals surface area contributed by atoms with Crippen LogP contribution in [-0.2, 0) is 6.42 Å². The number of hydrogen-bond acceptors (Lipinski definition) is 3. The summed E-state index contributed by atoms with van der Waals surface area (Å²) in [5, 5.41) is 5.83. The van der Waals surface area contributed by atoms with Crippen molar-refractivity contribution in [3.05, 3.63) is 23.3 Å². The lowest BCUT2D eigenvalue weighted by Gasteiger charge is -2.19. The van der Waals surface area contributed by atoms with Gasteiger partial charge in [0.15, 0.2) is 0 Å². The van der Waals surface area contributed by atoms with E-state index in [0.717, 1.165) is 29.0 Å². The van der Waals surface area contributed by atoms with E-state index in [4.69, 9.17) is 4.74 Å². The fourth-order valence-corrected chi connectivity index (χ4v) is 1.81. The fourth-order valence-electron chi connectivity index (χ4n) is 1.81. The normalized spacial score (nSPS) is 14.1. The quantitative estimate of drug-likeness (QED) is 0.759. The highest BCUT2D eigenvalue weighted by Crippen LogP contribution is 2.29. The molecule has 1 amide bonds.